The zero-order valence-electron chi connectivity index (χ0n) is 8.80. The summed E-state index contributed by atoms with van der Waals surface area (Å²) < 4.78 is 1.41. The number of nitrogens with zero attached hydrogens (tertiary/aromatic N) is 2. The summed E-state index contributed by atoms with van der Waals surface area (Å²) >= 11 is 6.00. The molecule has 0 radical (unpaired) electrons. The Bertz CT molecular complexity index is 566. The van der Waals surface area contributed by atoms with Gasteiger partial charge in [-0.2, -0.15) is 5.10 Å². The summed E-state index contributed by atoms with van der Waals surface area (Å²) in [5.41, 5.74) is 6.51. The van der Waals surface area contributed by atoms with E-state index in [4.69, 9.17) is 22.4 Å². The van der Waals surface area contributed by atoms with Gasteiger partial charge in [-0.1, -0.05) is 29.8 Å². The molecular weight excluding hydrogens is 242 g/mol. The summed E-state index contributed by atoms with van der Waals surface area (Å²) in [7, 11) is 0. The van der Waals surface area contributed by atoms with E-state index < -0.39 is 5.97 Å². The van der Waals surface area contributed by atoms with Crippen LogP contribution < -0.4 is 5.73 Å². The van der Waals surface area contributed by atoms with Crippen LogP contribution in [0.2, 0.25) is 5.02 Å². The first-order chi connectivity index (χ1) is 8.09. The average molecular weight is 252 g/mol. The molecule has 0 aliphatic rings. The Morgan fingerprint density at radius 1 is 1.47 bits per heavy atom. The van der Waals surface area contributed by atoms with Crippen molar-refractivity contribution in [1.29, 1.82) is 0 Å². The normalized spacial score (nSPS) is 10.4. The lowest BCUT2D eigenvalue weighted by atomic mass is 10.2. The monoisotopic (exact) mass is 251 g/mol. The summed E-state index contributed by atoms with van der Waals surface area (Å²) in [4.78, 5) is 10.8. The quantitative estimate of drug-likeness (QED) is 0.873. The highest BCUT2D eigenvalue weighted by atomic mass is 35.5. The van der Waals surface area contributed by atoms with Gasteiger partial charge in [-0.15, -0.1) is 0 Å². The van der Waals surface area contributed by atoms with E-state index in [1.807, 2.05) is 18.2 Å². The molecule has 0 saturated heterocycles. The van der Waals surface area contributed by atoms with Gasteiger partial charge in [0.15, 0.2) is 0 Å². The molecule has 1 heterocycles. The zero-order valence-corrected chi connectivity index (χ0v) is 9.55. The largest absolute Gasteiger partial charge is 0.477 e. The molecule has 0 spiro atoms. The molecule has 88 valence electrons. The Morgan fingerprint density at radius 2 is 2.18 bits per heavy atom. The molecule has 1 aromatic carbocycles. The molecular formula is C11H10ClN3O2. The number of aromatic carboxylic acids is 1. The Balaban J connectivity index is 2.31. The van der Waals surface area contributed by atoms with E-state index in [9.17, 15) is 4.79 Å². The molecule has 0 fully saturated rings. The smallest absolute Gasteiger partial charge is 0.341 e. The second kappa shape index (κ2) is 4.47. The van der Waals surface area contributed by atoms with Crippen molar-refractivity contribution in [2.45, 2.75) is 6.54 Å². The van der Waals surface area contributed by atoms with Crippen LogP contribution in [0.5, 0.6) is 0 Å². The molecule has 0 bridgehead atoms. The molecule has 17 heavy (non-hydrogen) atoms. The van der Waals surface area contributed by atoms with Crippen molar-refractivity contribution in [3.63, 3.8) is 0 Å². The number of nitrogen functional groups attached to an aromatic ring is 1. The van der Waals surface area contributed by atoms with Gasteiger partial charge in [-0.25, -0.2) is 9.48 Å². The SMILES string of the molecule is Nc1c(C(=O)O)cnn1Cc1ccccc1Cl. The van der Waals surface area contributed by atoms with Gasteiger partial charge in [0.25, 0.3) is 0 Å². The van der Waals surface area contributed by atoms with Gasteiger partial charge in [-0.3, -0.25) is 0 Å². The minimum absolute atomic E-state index is 0.00273. The fourth-order valence-corrected chi connectivity index (χ4v) is 1.67. The van der Waals surface area contributed by atoms with Crippen molar-refractivity contribution >= 4 is 23.4 Å². The third-order valence-corrected chi connectivity index (χ3v) is 2.76. The first-order valence-corrected chi connectivity index (χ1v) is 5.25. The maximum Gasteiger partial charge on any atom is 0.341 e. The van der Waals surface area contributed by atoms with Crippen LogP contribution in [-0.2, 0) is 6.54 Å². The number of hydrogen-bond acceptors (Lipinski definition) is 3. The predicted molar refractivity (Wildman–Crippen MR) is 64.2 cm³/mol. The van der Waals surface area contributed by atoms with E-state index in [0.29, 0.717) is 11.6 Å². The van der Waals surface area contributed by atoms with Crippen molar-refractivity contribution in [3.05, 3.63) is 46.6 Å². The lowest BCUT2D eigenvalue weighted by Gasteiger charge is -2.06. The van der Waals surface area contributed by atoms with Crippen LogP contribution in [0.1, 0.15) is 15.9 Å². The molecule has 0 aliphatic carbocycles. The highest BCUT2D eigenvalue weighted by Gasteiger charge is 2.14. The fraction of sp³-hybridized carbons (Fsp3) is 0.0909. The van der Waals surface area contributed by atoms with Crippen molar-refractivity contribution in [2.24, 2.45) is 0 Å². The molecule has 3 N–H and O–H groups in total. The van der Waals surface area contributed by atoms with Gasteiger partial charge in [0, 0.05) is 5.02 Å². The molecule has 2 rings (SSSR count). The highest BCUT2D eigenvalue weighted by molar-refractivity contribution is 6.31. The van der Waals surface area contributed by atoms with E-state index in [2.05, 4.69) is 5.10 Å². The molecule has 0 saturated carbocycles. The zero-order chi connectivity index (χ0) is 12.4. The van der Waals surface area contributed by atoms with E-state index >= 15 is 0 Å². The van der Waals surface area contributed by atoms with E-state index in [1.165, 1.54) is 10.9 Å². The first-order valence-electron chi connectivity index (χ1n) is 4.87. The number of halogens is 1. The number of carboxylic acids is 1. The van der Waals surface area contributed by atoms with E-state index in [-0.39, 0.29) is 11.4 Å². The minimum Gasteiger partial charge on any atom is -0.477 e. The Hall–Kier alpha value is -2.01. The topological polar surface area (TPSA) is 81.1 Å². The predicted octanol–water partition coefficient (Wildman–Crippen LogP) is 1.87. The summed E-state index contributed by atoms with van der Waals surface area (Å²) in [6, 6.07) is 7.26. The highest BCUT2D eigenvalue weighted by Crippen LogP contribution is 2.18. The molecule has 0 unspecified atom stereocenters. The molecule has 6 heteroatoms. The van der Waals surface area contributed by atoms with Crippen LogP contribution in [0.15, 0.2) is 30.5 Å². The second-order valence-corrected chi connectivity index (χ2v) is 3.90. The number of anilines is 1. The van der Waals surface area contributed by atoms with Gasteiger partial charge in [-0.05, 0) is 11.6 Å². The Morgan fingerprint density at radius 3 is 2.76 bits per heavy atom. The fourth-order valence-electron chi connectivity index (χ4n) is 1.47. The van der Waals surface area contributed by atoms with Crippen molar-refractivity contribution in [1.82, 2.24) is 9.78 Å². The van der Waals surface area contributed by atoms with Crippen molar-refractivity contribution in [2.75, 3.05) is 5.73 Å². The van der Waals surface area contributed by atoms with Crippen LogP contribution >= 0.6 is 11.6 Å². The molecule has 5 nitrogen and oxygen atoms in total. The standard InChI is InChI=1S/C11H10ClN3O2/c12-9-4-2-1-3-7(9)6-15-10(13)8(5-14-15)11(16)17/h1-5H,6,13H2,(H,16,17). The van der Waals surface area contributed by atoms with Crippen LogP contribution in [0, 0.1) is 0 Å². The lowest BCUT2D eigenvalue weighted by Crippen LogP contribution is -2.08. The van der Waals surface area contributed by atoms with Gasteiger partial charge >= 0.3 is 5.97 Å². The van der Waals surface area contributed by atoms with E-state index in [0.717, 1.165) is 5.56 Å². The van der Waals surface area contributed by atoms with Gasteiger partial charge in [0.2, 0.25) is 0 Å². The lowest BCUT2D eigenvalue weighted by molar-refractivity contribution is 0.0698. The van der Waals surface area contributed by atoms with Crippen LogP contribution in [0.25, 0.3) is 0 Å². The van der Waals surface area contributed by atoms with Gasteiger partial charge < -0.3 is 10.8 Å². The number of nitrogens with two attached hydrogens (primary N) is 1. The summed E-state index contributed by atoms with van der Waals surface area (Å²) in [5, 5.41) is 13.4. The number of rotatable bonds is 3. The molecule has 0 aliphatic heterocycles. The van der Waals surface area contributed by atoms with Crippen LogP contribution in [-0.4, -0.2) is 20.9 Å². The number of hydrogen-bond donors (Lipinski definition) is 2. The third kappa shape index (κ3) is 2.24. The summed E-state index contributed by atoms with van der Waals surface area (Å²) in [6.07, 6.45) is 1.23. The molecule has 2 aromatic rings. The Kier molecular flexibility index (Phi) is 3.01. The van der Waals surface area contributed by atoms with Crippen molar-refractivity contribution in [3.8, 4) is 0 Å². The van der Waals surface area contributed by atoms with Gasteiger partial charge in [0.1, 0.15) is 11.4 Å². The average Bonchev–Trinajstić information content (AvgIpc) is 2.64. The summed E-state index contributed by atoms with van der Waals surface area (Å²) in [6.45, 7) is 0.346. The first kappa shape index (κ1) is 11.5. The molecule has 0 amide bonds. The summed E-state index contributed by atoms with van der Waals surface area (Å²) in [5.74, 6) is -0.967. The molecule has 0 atom stereocenters. The maximum absolute atomic E-state index is 10.8. The van der Waals surface area contributed by atoms with Crippen LogP contribution in [0.4, 0.5) is 5.82 Å². The van der Waals surface area contributed by atoms with Crippen LogP contribution in [0.3, 0.4) is 0 Å². The second-order valence-electron chi connectivity index (χ2n) is 3.50. The third-order valence-electron chi connectivity index (χ3n) is 2.39. The number of carboxylic acid groups (broad SMARTS) is 1. The van der Waals surface area contributed by atoms with E-state index in [1.54, 1.807) is 6.07 Å². The van der Waals surface area contributed by atoms with Crippen molar-refractivity contribution < 1.29 is 9.90 Å². The number of benzene rings is 1. The molecule has 1 aromatic heterocycles. The number of aromatic nitrogens is 2. The Labute approximate surface area is 102 Å². The minimum atomic E-state index is -1.09. The maximum atomic E-state index is 10.8. The number of carbonyl (C=O) groups is 1. The van der Waals surface area contributed by atoms with Gasteiger partial charge in [0.05, 0.1) is 12.7 Å².